The molecule has 21 heavy (non-hydrogen) atoms. The summed E-state index contributed by atoms with van der Waals surface area (Å²) in [7, 11) is 2.22. The van der Waals surface area contributed by atoms with E-state index in [-0.39, 0.29) is 0 Å². The lowest BCUT2D eigenvalue weighted by atomic mass is 9.87. The van der Waals surface area contributed by atoms with Crippen LogP contribution in [0.2, 0.25) is 0 Å². The summed E-state index contributed by atoms with van der Waals surface area (Å²) >= 11 is 0. The molecule has 0 radical (unpaired) electrons. The fraction of sp³-hybridized carbons (Fsp3) is 0.684. The van der Waals surface area contributed by atoms with Crippen LogP contribution in [0.25, 0.3) is 0 Å². The van der Waals surface area contributed by atoms with Crippen molar-refractivity contribution in [3.63, 3.8) is 0 Å². The molecule has 0 fully saturated rings. The summed E-state index contributed by atoms with van der Waals surface area (Å²) in [5.74, 6) is 0.701. The molecule has 2 nitrogen and oxygen atoms in total. The Morgan fingerprint density at radius 1 is 1.10 bits per heavy atom. The Morgan fingerprint density at radius 3 is 2.29 bits per heavy atom. The minimum Gasteiger partial charge on any atom is -0.312 e. The Morgan fingerprint density at radius 2 is 1.71 bits per heavy atom. The number of nitrogens with one attached hydrogen (secondary N) is 1. The first-order valence-corrected chi connectivity index (χ1v) is 8.19. The molecule has 120 valence electrons. The summed E-state index contributed by atoms with van der Waals surface area (Å²) in [4.78, 5) is 2.45. The first-order chi connectivity index (χ1) is 9.70. The molecule has 0 spiro atoms. The quantitative estimate of drug-likeness (QED) is 0.805. The van der Waals surface area contributed by atoms with Crippen molar-refractivity contribution >= 4 is 0 Å². The van der Waals surface area contributed by atoms with E-state index in [2.05, 4.69) is 83.1 Å². The van der Waals surface area contributed by atoms with Crippen molar-refractivity contribution in [3.8, 4) is 0 Å². The minimum absolute atomic E-state index is 0.311. The van der Waals surface area contributed by atoms with Gasteiger partial charge in [0, 0.05) is 19.1 Å². The van der Waals surface area contributed by atoms with Crippen molar-refractivity contribution in [1.29, 1.82) is 0 Å². The molecule has 1 N–H and O–H groups in total. The third kappa shape index (κ3) is 6.62. The van der Waals surface area contributed by atoms with E-state index in [0.29, 0.717) is 17.4 Å². The second-order valence-electron chi connectivity index (χ2n) is 7.80. The summed E-state index contributed by atoms with van der Waals surface area (Å²) in [6.45, 7) is 16.8. The van der Waals surface area contributed by atoms with Gasteiger partial charge in [0.25, 0.3) is 0 Å². The molecule has 0 aromatic heterocycles. The number of hydrogen-bond acceptors (Lipinski definition) is 2. The van der Waals surface area contributed by atoms with Crippen LogP contribution in [-0.2, 0) is 13.1 Å². The van der Waals surface area contributed by atoms with Crippen LogP contribution < -0.4 is 5.32 Å². The molecule has 1 atom stereocenters. The zero-order chi connectivity index (χ0) is 16.0. The van der Waals surface area contributed by atoms with Crippen molar-refractivity contribution < 1.29 is 0 Å². The lowest BCUT2D eigenvalue weighted by Gasteiger charge is -2.35. The molecule has 0 heterocycles. The summed E-state index contributed by atoms with van der Waals surface area (Å²) in [5, 5.41) is 3.52. The molecule has 1 aromatic rings. The molecule has 0 aliphatic heterocycles. The third-order valence-corrected chi connectivity index (χ3v) is 4.22. The Bertz CT molecular complexity index is 418. The number of benzene rings is 1. The van der Waals surface area contributed by atoms with Crippen molar-refractivity contribution in [2.24, 2.45) is 11.3 Å². The molecule has 1 aromatic carbocycles. The van der Waals surface area contributed by atoms with E-state index >= 15 is 0 Å². The lowest BCUT2D eigenvalue weighted by molar-refractivity contribution is 0.134. The van der Waals surface area contributed by atoms with Crippen LogP contribution in [0, 0.1) is 11.3 Å². The first kappa shape index (κ1) is 18.2. The van der Waals surface area contributed by atoms with Crippen molar-refractivity contribution in [2.75, 3.05) is 13.6 Å². The zero-order valence-electron chi connectivity index (χ0n) is 15.0. The Labute approximate surface area is 131 Å². The molecule has 1 unspecified atom stereocenters. The predicted octanol–water partition coefficient (Wildman–Crippen LogP) is 4.30. The smallest absolute Gasteiger partial charge is 0.0233 e. The van der Waals surface area contributed by atoms with Gasteiger partial charge < -0.3 is 5.32 Å². The van der Waals surface area contributed by atoms with Crippen molar-refractivity contribution in [3.05, 3.63) is 35.4 Å². The van der Waals surface area contributed by atoms with Gasteiger partial charge in [-0.25, -0.2) is 0 Å². The van der Waals surface area contributed by atoms with Crippen LogP contribution >= 0.6 is 0 Å². The van der Waals surface area contributed by atoms with E-state index in [9.17, 15) is 0 Å². The fourth-order valence-corrected chi connectivity index (χ4v) is 2.43. The summed E-state index contributed by atoms with van der Waals surface area (Å²) in [6, 6.07) is 9.51. The summed E-state index contributed by atoms with van der Waals surface area (Å²) in [5.41, 5.74) is 3.09. The van der Waals surface area contributed by atoms with Gasteiger partial charge >= 0.3 is 0 Å². The van der Waals surface area contributed by atoms with Gasteiger partial charge in [0.2, 0.25) is 0 Å². The summed E-state index contributed by atoms with van der Waals surface area (Å²) < 4.78 is 0. The standard InChI is InChI=1S/C19H34N2/c1-15(2)12-20-13-17-9-8-10-18(11-17)14-21(7)16(3)19(4,5)6/h8-11,15-16,20H,12-14H2,1-7H3. The van der Waals surface area contributed by atoms with Gasteiger partial charge in [-0.3, -0.25) is 4.90 Å². The second kappa shape index (κ2) is 7.95. The summed E-state index contributed by atoms with van der Waals surface area (Å²) in [6.07, 6.45) is 0. The van der Waals surface area contributed by atoms with Crippen molar-refractivity contribution in [1.82, 2.24) is 10.2 Å². The highest BCUT2D eigenvalue weighted by Gasteiger charge is 2.23. The van der Waals surface area contributed by atoms with Gasteiger partial charge in [-0.1, -0.05) is 58.9 Å². The Balaban J connectivity index is 2.60. The maximum atomic E-state index is 3.52. The Kier molecular flexibility index (Phi) is 6.89. The fourth-order valence-electron chi connectivity index (χ4n) is 2.43. The molecule has 0 saturated carbocycles. The molecule has 0 amide bonds. The van der Waals surface area contributed by atoms with Crippen molar-refractivity contribution in [2.45, 2.75) is 60.7 Å². The maximum absolute atomic E-state index is 3.52. The largest absolute Gasteiger partial charge is 0.312 e. The van der Waals surface area contributed by atoms with Crippen LogP contribution in [0.15, 0.2) is 24.3 Å². The van der Waals surface area contributed by atoms with E-state index in [1.165, 1.54) is 11.1 Å². The van der Waals surface area contributed by atoms with Gasteiger partial charge in [-0.2, -0.15) is 0 Å². The highest BCUT2D eigenvalue weighted by molar-refractivity contribution is 5.23. The third-order valence-electron chi connectivity index (χ3n) is 4.22. The number of nitrogens with zero attached hydrogens (tertiary/aromatic N) is 1. The van der Waals surface area contributed by atoms with Gasteiger partial charge in [-0.15, -0.1) is 0 Å². The average Bonchev–Trinajstić information content (AvgIpc) is 2.36. The van der Waals surface area contributed by atoms with E-state index in [1.807, 2.05) is 0 Å². The monoisotopic (exact) mass is 290 g/mol. The SMILES string of the molecule is CC(C)CNCc1cccc(CN(C)C(C)C(C)(C)C)c1. The van der Waals surface area contributed by atoms with Gasteiger partial charge in [0.1, 0.15) is 0 Å². The van der Waals surface area contributed by atoms with Crippen LogP contribution in [-0.4, -0.2) is 24.5 Å². The topological polar surface area (TPSA) is 15.3 Å². The van der Waals surface area contributed by atoms with Gasteiger partial charge in [0.15, 0.2) is 0 Å². The molecular formula is C19H34N2. The number of rotatable bonds is 7. The molecule has 0 aliphatic rings. The zero-order valence-corrected chi connectivity index (χ0v) is 15.0. The average molecular weight is 290 g/mol. The highest BCUT2D eigenvalue weighted by Crippen LogP contribution is 2.24. The predicted molar refractivity (Wildman–Crippen MR) is 93.4 cm³/mol. The Hall–Kier alpha value is -0.860. The molecule has 1 rings (SSSR count). The highest BCUT2D eigenvalue weighted by atomic mass is 15.1. The van der Waals surface area contributed by atoms with E-state index < -0.39 is 0 Å². The molecule has 0 aliphatic carbocycles. The molecular weight excluding hydrogens is 256 g/mol. The maximum Gasteiger partial charge on any atom is 0.0233 e. The van der Waals surface area contributed by atoms with Gasteiger partial charge in [-0.05, 0) is 43.0 Å². The minimum atomic E-state index is 0.311. The molecule has 0 bridgehead atoms. The van der Waals surface area contributed by atoms with Crippen LogP contribution in [0.5, 0.6) is 0 Å². The molecule has 2 heteroatoms. The second-order valence-corrected chi connectivity index (χ2v) is 7.80. The van der Waals surface area contributed by atoms with E-state index in [0.717, 1.165) is 19.6 Å². The molecule has 0 saturated heterocycles. The van der Waals surface area contributed by atoms with Crippen LogP contribution in [0.4, 0.5) is 0 Å². The normalized spacial score (nSPS) is 14.0. The lowest BCUT2D eigenvalue weighted by Crippen LogP contribution is -2.38. The first-order valence-electron chi connectivity index (χ1n) is 8.19. The van der Waals surface area contributed by atoms with Crippen LogP contribution in [0.1, 0.15) is 52.7 Å². The van der Waals surface area contributed by atoms with E-state index in [1.54, 1.807) is 0 Å². The van der Waals surface area contributed by atoms with Crippen LogP contribution in [0.3, 0.4) is 0 Å². The number of hydrogen-bond donors (Lipinski definition) is 1. The van der Waals surface area contributed by atoms with Gasteiger partial charge in [0.05, 0.1) is 0 Å². The van der Waals surface area contributed by atoms with E-state index in [4.69, 9.17) is 0 Å².